The summed E-state index contributed by atoms with van der Waals surface area (Å²) in [5, 5.41) is 1.06. The number of hydrogen-bond donors (Lipinski definition) is 1. The predicted molar refractivity (Wildman–Crippen MR) is 128 cm³/mol. The molecule has 2 atom stereocenters. The molecule has 0 unspecified atom stereocenters. The number of aromatic nitrogens is 1. The van der Waals surface area contributed by atoms with E-state index in [9.17, 15) is 9.59 Å². The summed E-state index contributed by atoms with van der Waals surface area (Å²) in [7, 11) is 3.20. The molecule has 1 fully saturated rings. The van der Waals surface area contributed by atoms with Gasteiger partial charge in [-0.1, -0.05) is 36.4 Å². The second kappa shape index (κ2) is 7.66. The van der Waals surface area contributed by atoms with E-state index >= 15 is 0 Å². The highest BCUT2D eigenvalue weighted by Gasteiger charge is 2.53. The maximum atomic E-state index is 13.9. The van der Waals surface area contributed by atoms with Gasteiger partial charge >= 0.3 is 6.03 Å². The van der Waals surface area contributed by atoms with Gasteiger partial charge in [-0.25, -0.2) is 9.69 Å². The zero-order chi connectivity index (χ0) is 23.4. The van der Waals surface area contributed by atoms with Gasteiger partial charge in [-0.2, -0.15) is 0 Å². The number of aromatic amines is 1. The Morgan fingerprint density at radius 2 is 1.68 bits per heavy atom. The van der Waals surface area contributed by atoms with Crippen LogP contribution in [0, 0.1) is 0 Å². The third kappa shape index (κ3) is 2.83. The Balaban J connectivity index is 1.59. The Kier molecular flexibility index (Phi) is 4.58. The maximum absolute atomic E-state index is 13.9. The van der Waals surface area contributed by atoms with Crippen LogP contribution < -0.4 is 14.4 Å². The Morgan fingerprint density at radius 3 is 2.44 bits per heavy atom. The van der Waals surface area contributed by atoms with Crippen molar-refractivity contribution in [2.75, 3.05) is 19.1 Å². The molecule has 34 heavy (non-hydrogen) atoms. The van der Waals surface area contributed by atoms with Gasteiger partial charge < -0.3 is 14.5 Å². The van der Waals surface area contributed by atoms with Gasteiger partial charge in [-0.15, -0.1) is 0 Å². The molecule has 0 saturated carbocycles. The third-order valence-electron chi connectivity index (χ3n) is 6.79. The van der Waals surface area contributed by atoms with Crippen molar-refractivity contribution < 1.29 is 19.1 Å². The number of H-pyrrole nitrogens is 1. The summed E-state index contributed by atoms with van der Waals surface area (Å²) >= 11 is 0. The highest BCUT2D eigenvalue weighted by molar-refractivity contribution is 6.22. The molecule has 7 nitrogen and oxygen atoms in total. The number of amides is 3. The first kappa shape index (κ1) is 20.4. The van der Waals surface area contributed by atoms with Gasteiger partial charge in [-0.05, 0) is 42.0 Å². The second-order valence-electron chi connectivity index (χ2n) is 8.49. The van der Waals surface area contributed by atoms with Crippen molar-refractivity contribution in [3.63, 3.8) is 0 Å². The van der Waals surface area contributed by atoms with Crippen LogP contribution in [0.15, 0.2) is 72.8 Å². The molecule has 2 aliphatic rings. The summed E-state index contributed by atoms with van der Waals surface area (Å²) < 4.78 is 11.2. The van der Waals surface area contributed by atoms with Crippen molar-refractivity contribution in [3.8, 4) is 11.5 Å². The lowest BCUT2D eigenvalue weighted by Crippen LogP contribution is -2.44. The van der Waals surface area contributed by atoms with Gasteiger partial charge in [0.15, 0.2) is 0 Å². The summed E-state index contributed by atoms with van der Waals surface area (Å²) in [5.74, 6) is 1.04. The normalized spacial score (nSPS) is 19.4. The van der Waals surface area contributed by atoms with E-state index in [-0.39, 0.29) is 11.9 Å². The Labute approximate surface area is 196 Å². The SMILES string of the molecule is COc1ccc(OC)c([C@@H]2c3[nH]c4ccccc4c3C[C@@H]3C(=O)N(c4ccccc4)C(=O)N23)c1. The van der Waals surface area contributed by atoms with E-state index in [1.54, 1.807) is 31.3 Å². The maximum Gasteiger partial charge on any atom is 0.332 e. The van der Waals surface area contributed by atoms with Crippen LogP contribution >= 0.6 is 0 Å². The van der Waals surface area contributed by atoms with Crippen molar-refractivity contribution in [2.24, 2.45) is 0 Å². The van der Waals surface area contributed by atoms with E-state index in [2.05, 4.69) is 11.1 Å². The van der Waals surface area contributed by atoms with E-state index in [0.29, 0.717) is 23.6 Å². The molecule has 6 rings (SSSR count). The minimum atomic E-state index is -0.625. The number of anilines is 1. The van der Waals surface area contributed by atoms with Crippen LogP contribution in [0.5, 0.6) is 11.5 Å². The molecule has 1 N–H and O–H groups in total. The quantitative estimate of drug-likeness (QED) is 0.456. The highest BCUT2D eigenvalue weighted by Crippen LogP contribution is 2.47. The molecule has 170 valence electrons. The highest BCUT2D eigenvalue weighted by atomic mass is 16.5. The number of para-hydroxylation sites is 2. The van der Waals surface area contributed by atoms with Crippen LogP contribution in [-0.4, -0.2) is 42.1 Å². The number of fused-ring (bicyclic) bond motifs is 4. The van der Waals surface area contributed by atoms with Crippen LogP contribution in [0.3, 0.4) is 0 Å². The number of nitrogens with one attached hydrogen (secondary N) is 1. The van der Waals surface area contributed by atoms with E-state index in [4.69, 9.17) is 9.47 Å². The van der Waals surface area contributed by atoms with Gasteiger partial charge in [0.2, 0.25) is 0 Å². The molecule has 4 aromatic rings. The van der Waals surface area contributed by atoms with Crippen LogP contribution in [0.4, 0.5) is 10.5 Å². The molecule has 0 aliphatic carbocycles. The second-order valence-corrected chi connectivity index (χ2v) is 8.49. The number of methoxy groups -OCH3 is 2. The molecule has 2 aliphatic heterocycles. The number of hydrogen-bond acceptors (Lipinski definition) is 4. The predicted octanol–water partition coefficient (Wildman–Crippen LogP) is 4.67. The average Bonchev–Trinajstić information content (AvgIpc) is 3.37. The van der Waals surface area contributed by atoms with Gasteiger partial charge in [-0.3, -0.25) is 9.69 Å². The smallest absolute Gasteiger partial charge is 0.332 e. The topological polar surface area (TPSA) is 74.9 Å². The van der Waals surface area contributed by atoms with Gasteiger partial charge in [0.05, 0.1) is 19.9 Å². The molecule has 1 aromatic heterocycles. The van der Waals surface area contributed by atoms with Crippen LogP contribution in [0.25, 0.3) is 10.9 Å². The minimum absolute atomic E-state index is 0.223. The van der Waals surface area contributed by atoms with E-state index < -0.39 is 12.1 Å². The molecular weight excluding hydrogens is 430 g/mol. The summed E-state index contributed by atoms with van der Waals surface area (Å²) in [6.07, 6.45) is 0.441. The molecule has 3 aromatic carbocycles. The molecule has 0 spiro atoms. The Hall–Kier alpha value is -4.26. The summed E-state index contributed by atoms with van der Waals surface area (Å²) in [6, 6.07) is 21.1. The van der Waals surface area contributed by atoms with Gasteiger partial charge in [0.1, 0.15) is 23.6 Å². The van der Waals surface area contributed by atoms with Crippen LogP contribution in [-0.2, 0) is 11.2 Å². The van der Waals surface area contributed by atoms with Crippen LogP contribution in [0.1, 0.15) is 22.9 Å². The number of carbonyl (C=O) groups is 2. The van der Waals surface area contributed by atoms with Gasteiger partial charge in [0.25, 0.3) is 5.91 Å². The first-order chi connectivity index (χ1) is 16.6. The first-order valence-electron chi connectivity index (χ1n) is 11.1. The van der Waals surface area contributed by atoms with E-state index in [0.717, 1.165) is 27.7 Å². The summed E-state index contributed by atoms with van der Waals surface area (Å²) in [5.41, 5.74) is 4.23. The Morgan fingerprint density at radius 1 is 0.912 bits per heavy atom. The molecule has 1 saturated heterocycles. The summed E-state index contributed by atoms with van der Waals surface area (Å²) in [4.78, 5) is 34.0. The number of carbonyl (C=O) groups excluding carboxylic acids is 2. The fourth-order valence-corrected chi connectivity index (χ4v) is 5.27. The fraction of sp³-hybridized carbons (Fsp3) is 0.185. The lowest BCUT2D eigenvalue weighted by atomic mass is 9.88. The molecule has 0 bridgehead atoms. The number of imide groups is 1. The van der Waals surface area contributed by atoms with Crippen molar-refractivity contribution in [1.29, 1.82) is 0 Å². The number of rotatable bonds is 4. The zero-order valence-electron chi connectivity index (χ0n) is 18.8. The summed E-state index contributed by atoms with van der Waals surface area (Å²) in [6.45, 7) is 0. The third-order valence-corrected chi connectivity index (χ3v) is 6.79. The van der Waals surface area contributed by atoms with Crippen molar-refractivity contribution in [3.05, 3.63) is 89.6 Å². The van der Waals surface area contributed by atoms with Crippen LogP contribution in [0.2, 0.25) is 0 Å². The standard InChI is InChI=1S/C27H23N3O4/c1-33-17-12-13-23(34-2)20(14-17)25-24-19(18-10-6-7-11-21(18)28-24)15-22-26(31)29(27(32)30(22)25)16-8-4-3-5-9-16/h3-14,22,25,28H,15H2,1-2H3/t22-,25-/m1/s1. The molecular formula is C27H23N3O4. The lowest BCUT2D eigenvalue weighted by molar-refractivity contribution is -0.120. The van der Waals surface area contributed by atoms with Crippen molar-refractivity contribution in [1.82, 2.24) is 9.88 Å². The molecule has 3 amide bonds. The van der Waals surface area contributed by atoms with Crippen molar-refractivity contribution in [2.45, 2.75) is 18.5 Å². The van der Waals surface area contributed by atoms with E-state index in [1.807, 2.05) is 54.6 Å². The number of urea groups is 1. The minimum Gasteiger partial charge on any atom is -0.497 e. The molecule has 7 heteroatoms. The number of nitrogens with zero attached hydrogens (tertiary/aromatic N) is 2. The largest absolute Gasteiger partial charge is 0.497 e. The van der Waals surface area contributed by atoms with E-state index in [1.165, 1.54) is 4.90 Å². The molecule has 0 radical (unpaired) electrons. The number of ether oxygens (including phenoxy) is 2. The van der Waals surface area contributed by atoms with Gasteiger partial charge in [0, 0.05) is 28.6 Å². The monoisotopic (exact) mass is 453 g/mol. The van der Waals surface area contributed by atoms with Crippen molar-refractivity contribution >= 4 is 28.5 Å². The fourth-order valence-electron chi connectivity index (χ4n) is 5.27. The molecule has 3 heterocycles. The first-order valence-corrected chi connectivity index (χ1v) is 11.1. The average molecular weight is 453 g/mol. The Bertz CT molecular complexity index is 1430. The number of benzene rings is 3. The zero-order valence-corrected chi connectivity index (χ0v) is 18.8. The lowest BCUT2D eigenvalue weighted by Gasteiger charge is -2.36.